The first-order valence-electron chi connectivity index (χ1n) is 7.21. The Morgan fingerprint density at radius 1 is 1.22 bits per heavy atom. The quantitative estimate of drug-likeness (QED) is 0.857. The van der Waals surface area contributed by atoms with E-state index in [2.05, 4.69) is 10.4 Å². The third-order valence-corrected chi connectivity index (χ3v) is 3.13. The minimum absolute atomic E-state index is 0.137. The number of amides is 1. The summed E-state index contributed by atoms with van der Waals surface area (Å²) in [6.45, 7) is 3.76. The second-order valence-electron chi connectivity index (χ2n) is 4.84. The molecule has 0 aliphatic carbocycles. The van der Waals surface area contributed by atoms with Gasteiger partial charge >= 0.3 is 12.1 Å². The second-order valence-corrected chi connectivity index (χ2v) is 4.84. The molecule has 0 unspecified atom stereocenters. The fourth-order valence-corrected chi connectivity index (χ4v) is 2.11. The molecule has 122 valence electrons. The molecule has 1 amide bonds. The van der Waals surface area contributed by atoms with Crippen LogP contribution in [0.2, 0.25) is 0 Å². The van der Waals surface area contributed by atoms with E-state index in [-0.39, 0.29) is 24.6 Å². The summed E-state index contributed by atoms with van der Waals surface area (Å²) in [6, 6.07) is 9.31. The van der Waals surface area contributed by atoms with Crippen molar-refractivity contribution in [3.63, 3.8) is 0 Å². The molecule has 0 bridgehead atoms. The molecule has 1 aromatic carbocycles. The van der Waals surface area contributed by atoms with Crippen LogP contribution in [0.5, 0.6) is 0 Å². The van der Waals surface area contributed by atoms with Crippen molar-refractivity contribution < 1.29 is 19.1 Å². The molecule has 7 heteroatoms. The molecule has 2 rings (SSSR count). The summed E-state index contributed by atoms with van der Waals surface area (Å²) in [4.78, 5) is 23.9. The predicted octanol–water partition coefficient (Wildman–Crippen LogP) is 2.65. The van der Waals surface area contributed by atoms with Gasteiger partial charge in [0, 0.05) is 7.05 Å². The molecule has 0 fully saturated rings. The van der Waals surface area contributed by atoms with E-state index < -0.39 is 12.1 Å². The Kier molecular flexibility index (Phi) is 5.35. The number of anilines is 1. The van der Waals surface area contributed by atoms with Crippen LogP contribution in [0.3, 0.4) is 0 Å². The Bertz CT molecular complexity index is 695. The highest BCUT2D eigenvalue weighted by Crippen LogP contribution is 2.20. The van der Waals surface area contributed by atoms with Crippen LogP contribution in [0.25, 0.3) is 0 Å². The minimum atomic E-state index is -0.664. The average Bonchev–Trinajstić information content (AvgIpc) is 2.80. The molecule has 2 aromatic rings. The van der Waals surface area contributed by atoms with Gasteiger partial charge in [-0.05, 0) is 19.4 Å². The third kappa shape index (κ3) is 4.09. The van der Waals surface area contributed by atoms with Gasteiger partial charge in [0.1, 0.15) is 18.0 Å². The number of aromatic nitrogens is 2. The first-order chi connectivity index (χ1) is 11.0. The number of carbonyl (C=O) groups excluding carboxylic acids is 2. The van der Waals surface area contributed by atoms with Gasteiger partial charge < -0.3 is 9.47 Å². The SMILES string of the molecule is CCOC(=O)c1c(C)nn(C)c1NC(=O)OCc1ccccc1. The molecule has 0 spiro atoms. The number of carbonyl (C=O) groups is 2. The largest absolute Gasteiger partial charge is 0.462 e. The molecular formula is C16H19N3O4. The number of ether oxygens (including phenoxy) is 2. The standard InChI is InChI=1S/C16H19N3O4/c1-4-22-15(20)13-11(2)18-19(3)14(13)17-16(21)23-10-12-8-6-5-7-9-12/h5-9H,4,10H2,1-3H3,(H,17,21). The molecule has 7 nitrogen and oxygen atoms in total. The van der Waals surface area contributed by atoms with Crippen molar-refractivity contribution in [1.82, 2.24) is 9.78 Å². The molecule has 0 aliphatic heterocycles. The number of aryl methyl sites for hydroxylation is 2. The molecule has 0 atom stereocenters. The Hall–Kier alpha value is -2.83. The lowest BCUT2D eigenvalue weighted by atomic mass is 10.2. The molecule has 0 aliphatic rings. The summed E-state index contributed by atoms with van der Waals surface area (Å²) in [6.07, 6.45) is -0.664. The maximum atomic E-state index is 12.0. The van der Waals surface area contributed by atoms with E-state index in [4.69, 9.17) is 9.47 Å². The Labute approximate surface area is 134 Å². The average molecular weight is 317 g/mol. The predicted molar refractivity (Wildman–Crippen MR) is 84.2 cm³/mol. The van der Waals surface area contributed by atoms with E-state index in [1.165, 1.54) is 4.68 Å². The van der Waals surface area contributed by atoms with E-state index in [1.807, 2.05) is 30.3 Å². The zero-order chi connectivity index (χ0) is 16.8. The summed E-state index contributed by atoms with van der Waals surface area (Å²) in [5.41, 5.74) is 1.57. The van der Waals surface area contributed by atoms with Crippen molar-refractivity contribution in [2.75, 3.05) is 11.9 Å². The van der Waals surface area contributed by atoms with Crippen molar-refractivity contribution in [3.8, 4) is 0 Å². The smallest absolute Gasteiger partial charge is 0.413 e. The van der Waals surface area contributed by atoms with Crippen LogP contribution in [0.15, 0.2) is 30.3 Å². The summed E-state index contributed by atoms with van der Waals surface area (Å²) in [7, 11) is 1.63. The zero-order valence-electron chi connectivity index (χ0n) is 13.3. The first kappa shape index (κ1) is 16.5. The highest BCUT2D eigenvalue weighted by atomic mass is 16.5. The van der Waals surface area contributed by atoms with Crippen molar-refractivity contribution in [2.45, 2.75) is 20.5 Å². The lowest BCUT2D eigenvalue weighted by molar-refractivity contribution is 0.0526. The topological polar surface area (TPSA) is 82.5 Å². The van der Waals surface area contributed by atoms with E-state index in [0.29, 0.717) is 5.69 Å². The van der Waals surface area contributed by atoms with Crippen molar-refractivity contribution in [2.24, 2.45) is 7.05 Å². The number of esters is 1. The number of benzene rings is 1. The summed E-state index contributed by atoms with van der Waals surface area (Å²) in [5.74, 6) is -0.282. The van der Waals surface area contributed by atoms with Crippen LogP contribution >= 0.6 is 0 Å². The second kappa shape index (κ2) is 7.44. The zero-order valence-corrected chi connectivity index (χ0v) is 13.3. The third-order valence-electron chi connectivity index (χ3n) is 3.13. The van der Waals surface area contributed by atoms with E-state index in [0.717, 1.165) is 5.56 Å². The van der Waals surface area contributed by atoms with Crippen LogP contribution < -0.4 is 5.32 Å². The van der Waals surface area contributed by atoms with Gasteiger partial charge in [-0.25, -0.2) is 9.59 Å². The molecule has 23 heavy (non-hydrogen) atoms. The molecule has 0 saturated heterocycles. The van der Waals surface area contributed by atoms with E-state index in [1.54, 1.807) is 20.9 Å². The van der Waals surface area contributed by atoms with Crippen LogP contribution in [-0.2, 0) is 23.1 Å². The van der Waals surface area contributed by atoms with E-state index in [9.17, 15) is 9.59 Å². The van der Waals surface area contributed by atoms with Crippen molar-refractivity contribution >= 4 is 17.9 Å². The Morgan fingerprint density at radius 3 is 2.57 bits per heavy atom. The van der Waals surface area contributed by atoms with Crippen LogP contribution in [0.4, 0.5) is 10.6 Å². The van der Waals surface area contributed by atoms with Gasteiger partial charge in [-0.3, -0.25) is 10.00 Å². The maximum Gasteiger partial charge on any atom is 0.413 e. The summed E-state index contributed by atoms with van der Waals surface area (Å²) in [5, 5.41) is 6.68. The van der Waals surface area contributed by atoms with Crippen molar-refractivity contribution in [1.29, 1.82) is 0 Å². The van der Waals surface area contributed by atoms with Gasteiger partial charge in [0.15, 0.2) is 0 Å². The molecule has 1 aromatic heterocycles. The lowest BCUT2D eigenvalue weighted by Gasteiger charge is -2.09. The minimum Gasteiger partial charge on any atom is -0.462 e. The number of hydrogen-bond donors (Lipinski definition) is 1. The van der Waals surface area contributed by atoms with Gasteiger partial charge in [0.2, 0.25) is 0 Å². The normalized spacial score (nSPS) is 10.2. The molecule has 1 heterocycles. The fourth-order valence-electron chi connectivity index (χ4n) is 2.11. The first-order valence-corrected chi connectivity index (χ1v) is 7.21. The Morgan fingerprint density at radius 2 is 1.91 bits per heavy atom. The highest BCUT2D eigenvalue weighted by molar-refractivity contribution is 5.99. The van der Waals surface area contributed by atoms with E-state index >= 15 is 0 Å². The molecular weight excluding hydrogens is 298 g/mol. The molecule has 0 radical (unpaired) electrons. The van der Waals surface area contributed by atoms with Gasteiger partial charge in [0.25, 0.3) is 0 Å². The number of nitrogens with one attached hydrogen (secondary N) is 1. The summed E-state index contributed by atoms with van der Waals surface area (Å²) >= 11 is 0. The van der Waals surface area contributed by atoms with Crippen LogP contribution in [0, 0.1) is 6.92 Å². The maximum absolute atomic E-state index is 12.0. The highest BCUT2D eigenvalue weighted by Gasteiger charge is 2.23. The monoisotopic (exact) mass is 317 g/mol. The Balaban J connectivity index is 2.07. The molecule has 0 saturated carbocycles. The van der Waals surface area contributed by atoms with Crippen LogP contribution in [0.1, 0.15) is 28.5 Å². The molecule has 1 N–H and O–H groups in total. The fraction of sp³-hybridized carbons (Fsp3) is 0.312. The van der Waals surface area contributed by atoms with Gasteiger partial charge in [-0.2, -0.15) is 5.10 Å². The number of rotatable bonds is 5. The van der Waals surface area contributed by atoms with Gasteiger partial charge in [0.05, 0.1) is 12.3 Å². The number of nitrogens with zero attached hydrogens (tertiary/aromatic N) is 2. The van der Waals surface area contributed by atoms with Gasteiger partial charge in [-0.15, -0.1) is 0 Å². The summed E-state index contributed by atoms with van der Waals surface area (Å²) < 4.78 is 11.5. The van der Waals surface area contributed by atoms with Gasteiger partial charge in [-0.1, -0.05) is 30.3 Å². The van der Waals surface area contributed by atoms with Crippen LogP contribution in [-0.4, -0.2) is 28.4 Å². The number of hydrogen-bond acceptors (Lipinski definition) is 5. The lowest BCUT2D eigenvalue weighted by Crippen LogP contribution is -2.18. The van der Waals surface area contributed by atoms with Crippen molar-refractivity contribution in [3.05, 3.63) is 47.2 Å².